The molecule has 1 heterocycles. The summed E-state index contributed by atoms with van der Waals surface area (Å²) in [4.78, 5) is 0. The first-order chi connectivity index (χ1) is 7.65. The molecule has 0 N–H and O–H groups in total. The molecule has 2 aromatic rings. The summed E-state index contributed by atoms with van der Waals surface area (Å²) in [6.07, 6.45) is 0. The fourth-order valence-corrected chi connectivity index (χ4v) is 1.59. The van der Waals surface area contributed by atoms with Crippen molar-refractivity contribution >= 4 is 15.9 Å². The molecule has 0 atom stereocenters. The average Bonchev–Trinajstić information content (AvgIpc) is 2.66. The van der Waals surface area contributed by atoms with Crippen LogP contribution >= 0.6 is 15.9 Å². The molecule has 16 heavy (non-hydrogen) atoms. The van der Waals surface area contributed by atoms with Gasteiger partial charge in [0.15, 0.2) is 4.67 Å². The lowest BCUT2D eigenvalue weighted by Crippen LogP contribution is -1.94. The summed E-state index contributed by atoms with van der Waals surface area (Å²) in [7, 11) is 0. The number of hydrogen-bond donors (Lipinski definition) is 0. The summed E-state index contributed by atoms with van der Waals surface area (Å²) in [6.45, 7) is 2.00. The van der Waals surface area contributed by atoms with Crippen molar-refractivity contribution in [1.82, 2.24) is 0 Å². The van der Waals surface area contributed by atoms with Gasteiger partial charge >= 0.3 is 0 Å². The van der Waals surface area contributed by atoms with Crippen molar-refractivity contribution in [2.75, 3.05) is 0 Å². The summed E-state index contributed by atoms with van der Waals surface area (Å²) in [5, 5.41) is 0. The van der Waals surface area contributed by atoms with Crippen LogP contribution in [0, 0.1) is 12.7 Å². The lowest BCUT2D eigenvalue weighted by atomic mass is 10.2. The van der Waals surface area contributed by atoms with E-state index in [1.165, 1.54) is 6.07 Å². The molecule has 2 nitrogen and oxygen atoms in total. The Bertz CT molecular complexity index is 494. The van der Waals surface area contributed by atoms with Gasteiger partial charge in [-0.05, 0) is 46.6 Å². The Morgan fingerprint density at radius 1 is 1.31 bits per heavy atom. The molecule has 0 aliphatic rings. The first-order valence-corrected chi connectivity index (χ1v) is 5.57. The quantitative estimate of drug-likeness (QED) is 0.848. The Kier molecular flexibility index (Phi) is 3.29. The van der Waals surface area contributed by atoms with E-state index in [4.69, 9.17) is 9.15 Å². The van der Waals surface area contributed by atoms with E-state index in [0.717, 1.165) is 0 Å². The second-order valence-electron chi connectivity index (χ2n) is 3.41. The minimum atomic E-state index is -0.266. The van der Waals surface area contributed by atoms with Crippen molar-refractivity contribution in [3.63, 3.8) is 0 Å². The van der Waals surface area contributed by atoms with Crippen molar-refractivity contribution in [3.05, 3.63) is 52.1 Å². The van der Waals surface area contributed by atoms with E-state index >= 15 is 0 Å². The van der Waals surface area contributed by atoms with E-state index in [0.29, 0.717) is 21.7 Å². The predicted octanol–water partition coefficient (Wildman–Crippen LogP) is 4.07. The largest absolute Gasteiger partial charge is 0.486 e. The monoisotopic (exact) mass is 284 g/mol. The lowest BCUT2D eigenvalue weighted by Gasteiger charge is -2.05. The summed E-state index contributed by atoms with van der Waals surface area (Å²) in [6, 6.07) is 8.37. The third-order valence-corrected chi connectivity index (χ3v) is 2.58. The normalized spacial score (nSPS) is 10.4. The molecule has 0 radical (unpaired) electrons. The average molecular weight is 285 g/mol. The van der Waals surface area contributed by atoms with Gasteiger partial charge in [0, 0.05) is 6.07 Å². The van der Waals surface area contributed by atoms with Crippen LogP contribution < -0.4 is 4.74 Å². The molecule has 0 amide bonds. The number of hydrogen-bond acceptors (Lipinski definition) is 2. The summed E-state index contributed by atoms with van der Waals surface area (Å²) in [5.74, 6) is 0.918. The third-order valence-electron chi connectivity index (χ3n) is 2.15. The highest BCUT2D eigenvalue weighted by atomic mass is 79.9. The van der Waals surface area contributed by atoms with E-state index in [2.05, 4.69) is 15.9 Å². The maximum Gasteiger partial charge on any atom is 0.169 e. The van der Waals surface area contributed by atoms with Gasteiger partial charge in [-0.3, -0.25) is 0 Å². The van der Waals surface area contributed by atoms with E-state index in [1.54, 1.807) is 31.2 Å². The van der Waals surface area contributed by atoms with Crippen molar-refractivity contribution < 1.29 is 13.5 Å². The molecule has 0 aliphatic heterocycles. The number of halogens is 2. The van der Waals surface area contributed by atoms with Crippen LogP contribution in [0.25, 0.3) is 0 Å². The van der Waals surface area contributed by atoms with Crippen LogP contribution in [0.3, 0.4) is 0 Å². The van der Waals surface area contributed by atoms with Gasteiger partial charge in [0.25, 0.3) is 0 Å². The highest BCUT2D eigenvalue weighted by molar-refractivity contribution is 9.10. The van der Waals surface area contributed by atoms with Crippen LogP contribution in [-0.2, 0) is 6.61 Å². The Morgan fingerprint density at radius 2 is 2.12 bits per heavy atom. The zero-order chi connectivity index (χ0) is 11.5. The minimum Gasteiger partial charge on any atom is -0.486 e. The molecule has 1 aromatic heterocycles. The number of aryl methyl sites for hydroxylation is 1. The molecule has 0 spiro atoms. The minimum absolute atomic E-state index is 0.266. The van der Waals surface area contributed by atoms with Crippen molar-refractivity contribution in [2.24, 2.45) is 0 Å². The first-order valence-electron chi connectivity index (χ1n) is 4.78. The Balaban J connectivity index is 2.02. The van der Waals surface area contributed by atoms with Gasteiger partial charge in [-0.15, -0.1) is 0 Å². The molecule has 1 aromatic carbocycles. The number of rotatable bonds is 3. The van der Waals surface area contributed by atoms with E-state index in [9.17, 15) is 4.39 Å². The Hall–Kier alpha value is -1.29. The van der Waals surface area contributed by atoms with Crippen molar-refractivity contribution in [3.8, 4) is 5.75 Å². The van der Waals surface area contributed by atoms with Crippen molar-refractivity contribution in [1.29, 1.82) is 0 Å². The summed E-state index contributed by atoms with van der Waals surface area (Å²) >= 11 is 3.20. The second-order valence-corrected chi connectivity index (χ2v) is 4.19. The topological polar surface area (TPSA) is 22.4 Å². The molecule has 4 heteroatoms. The van der Waals surface area contributed by atoms with Crippen LogP contribution in [-0.4, -0.2) is 0 Å². The van der Waals surface area contributed by atoms with Crippen LogP contribution in [0.2, 0.25) is 0 Å². The van der Waals surface area contributed by atoms with Crippen LogP contribution in [0.15, 0.2) is 39.4 Å². The van der Waals surface area contributed by atoms with Crippen LogP contribution in [0.4, 0.5) is 4.39 Å². The molecule has 84 valence electrons. The van der Waals surface area contributed by atoms with Gasteiger partial charge in [0.1, 0.15) is 23.9 Å². The van der Waals surface area contributed by atoms with E-state index in [1.807, 2.05) is 0 Å². The summed E-state index contributed by atoms with van der Waals surface area (Å²) in [5.41, 5.74) is 0.605. The maximum absolute atomic E-state index is 13.2. The molecule has 0 aliphatic carbocycles. The second kappa shape index (κ2) is 4.70. The molecule has 0 unspecified atom stereocenters. The lowest BCUT2D eigenvalue weighted by molar-refractivity contribution is 0.266. The van der Waals surface area contributed by atoms with E-state index in [-0.39, 0.29) is 12.4 Å². The van der Waals surface area contributed by atoms with Gasteiger partial charge in [-0.2, -0.15) is 0 Å². The number of furan rings is 1. The van der Waals surface area contributed by atoms with Gasteiger partial charge in [0.2, 0.25) is 0 Å². The molecule has 2 rings (SSSR count). The first kappa shape index (κ1) is 11.2. The summed E-state index contributed by atoms with van der Waals surface area (Å²) < 4.78 is 24.5. The smallest absolute Gasteiger partial charge is 0.169 e. The van der Waals surface area contributed by atoms with Gasteiger partial charge in [-0.1, -0.05) is 6.07 Å². The molecule has 0 bridgehead atoms. The van der Waals surface area contributed by atoms with Gasteiger partial charge in [0.05, 0.1) is 0 Å². The molecule has 0 saturated heterocycles. The fourth-order valence-electron chi connectivity index (χ4n) is 1.25. The van der Waals surface area contributed by atoms with Crippen LogP contribution in [0.5, 0.6) is 5.75 Å². The van der Waals surface area contributed by atoms with Gasteiger partial charge in [-0.25, -0.2) is 4.39 Å². The zero-order valence-corrected chi connectivity index (χ0v) is 10.3. The standard InChI is InChI=1S/C12H10BrFO2/c1-8-2-3-9(6-11(8)14)15-7-10-4-5-12(13)16-10/h2-6H,7H2,1H3. The Labute approximate surface area is 101 Å². The predicted molar refractivity (Wildman–Crippen MR) is 61.9 cm³/mol. The SMILES string of the molecule is Cc1ccc(OCc2ccc(Br)o2)cc1F. The number of benzene rings is 1. The number of ether oxygens (including phenoxy) is 1. The maximum atomic E-state index is 13.2. The highest BCUT2D eigenvalue weighted by Crippen LogP contribution is 2.19. The fraction of sp³-hybridized carbons (Fsp3) is 0.167. The molecular formula is C12H10BrFO2. The third kappa shape index (κ3) is 2.64. The zero-order valence-electron chi connectivity index (χ0n) is 8.67. The molecule has 0 fully saturated rings. The Morgan fingerprint density at radius 3 is 2.75 bits per heavy atom. The van der Waals surface area contributed by atoms with Crippen LogP contribution in [0.1, 0.15) is 11.3 Å². The molecule has 0 saturated carbocycles. The van der Waals surface area contributed by atoms with E-state index < -0.39 is 0 Å². The highest BCUT2D eigenvalue weighted by Gasteiger charge is 2.03. The molecular weight excluding hydrogens is 275 g/mol. The van der Waals surface area contributed by atoms with Crippen molar-refractivity contribution in [2.45, 2.75) is 13.5 Å². The van der Waals surface area contributed by atoms with Gasteiger partial charge < -0.3 is 9.15 Å².